The highest BCUT2D eigenvalue weighted by atomic mass is 79.9. The second-order valence-electron chi connectivity index (χ2n) is 3.32. The molecule has 0 amide bonds. The third kappa shape index (κ3) is 2.66. The minimum Gasteiger partial charge on any atom is -0.384 e. The fourth-order valence-corrected chi connectivity index (χ4v) is 1.77. The molecule has 0 aromatic heterocycles. The highest BCUT2D eigenvalue weighted by Crippen LogP contribution is 2.27. The van der Waals surface area contributed by atoms with Gasteiger partial charge in [0.05, 0.1) is 0 Å². The molecule has 0 spiro atoms. The van der Waals surface area contributed by atoms with Crippen LogP contribution < -0.4 is 0 Å². The summed E-state index contributed by atoms with van der Waals surface area (Å²) >= 11 is 3.21. The fourth-order valence-electron chi connectivity index (χ4n) is 1.19. The maximum absolute atomic E-state index is 13.3. The molecule has 3 heteroatoms. The number of hydrogen-bond donors (Lipinski definition) is 1. The first-order valence-corrected chi connectivity index (χ1v) is 5.08. The average molecular weight is 259 g/mol. The maximum atomic E-state index is 13.3. The van der Waals surface area contributed by atoms with E-state index >= 15 is 0 Å². The molecule has 0 radical (unpaired) electrons. The third-order valence-corrected chi connectivity index (χ3v) is 2.48. The molecule has 0 saturated heterocycles. The summed E-state index contributed by atoms with van der Waals surface area (Å²) in [5.74, 6) is -0.399. The quantitative estimate of drug-likeness (QED) is 0.805. The molecular formula is C11H12BrFO. The van der Waals surface area contributed by atoms with E-state index in [9.17, 15) is 9.50 Å². The second-order valence-corrected chi connectivity index (χ2v) is 4.18. The Hall–Kier alpha value is -0.670. The topological polar surface area (TPSA) is 20.2 Å². The highest BCUT2D eigenvalue weighted by molar-refractivity contribution is 9.10. The number of allylic oxidation sites excluding steroid dienone is 1. The van der Waals surface area contributed by atoms with Crippen LogP contribution in [-0.4, -0.2) is 5.11 Å². The van der Waals surface area contributed by atoms with Gasteiger partial charge in [-0.2, -0.15) is 0 Å². The molecule has 76 valence electrons. The Balaban J connectivity index is 3.12. The number of aliphatic hydroxyl groups is 1. The second kappa shape index (κ2) is 4.71. The van der Waals surface area contributed by atoms with Gasteiger partial charge in [-0.25, -0.2) is 4.39 Å². The van der Waals surface area contributed by atoms with Gasteiger partial charge in [0.25, 0.3) is 0 Å². The smallest absolute Gasteiger partial charge is 0.130 e. The van der Waals surface area contributed by atoms with Crippen molar-refractivity contribution in [2.45, 2.75) is 20.0 Å². The summed E-state index contributed by atoms with van der Waals surface area (Å²) in [5.41, 5.74) is 1.24. The average Bonchev–Trinajstić information content (AvgIpc) is 2.01. The Morgan fingerprint density at radius 3 is 2.64 bits per heavy atom. The van der Waals surface area contributed by atoms with Crippen LogP contribution in [0, 0.1) is 5.82 Å². The molecule has 14 heavy (non-hydrogen) atoms. The Morgan fingerprint density at radius 1 is 1.50 bits per heavy atom. The first-order valence-electron chi connectivity index (χ1n) is 4.29. The van der Waals surface area contributed by atoms with Gasteiger partial charge in [0.15, 0.2) is 0 Å². The Bertz CT molecular complexity index is 336. The molecule has 0 aliphatic carbocycles. The van der Waals surface area contributed by atoms with Crippen LogP contribution in [-0.2, 0) is 0 Å². The predicted octanol–water partition coefficient (Wildman–Crippen LogP) is 3.59. The normalized spacial score (nSPS) is 12.4. The molecule has 0 aliphatic rings. The van der Waals surface area contributed by atoms with Gasteiger partial charge in [0.2, 0.25) is 0 Å². The maximum Gasteiger partial charge on any atom is 0.130 e. The molecule has 0 saturated carbocycles. The summed E-state index contributed by atoms with van der Waals surface area (Å²) in [4.78, 5) is 0. The molecule has 1 nitrogen and oxygen atoms in total. The zero-order chi connectivity index (χ0) is 10.7. The van der Waals surface area contributed by atoms with Crippen LogP contribution in [0.5, 0.6) is 0 Å². The first kappa shape index (κ1) is 11.4. The van der Waals surface area contributed by atoms with E-state index in [1.165, 1.54) is 6.07 Å². The predicted molar refractivity (Wildman–Crippen MR) is 58.5 cm³/mol. The molecule has 1 unspecified atom stereocenters. The van der Waals surface area contributed by atoms with Crippen molar-refractivity contribution in [2.75, 3.05) is 0 Å². The summed E-state index contributed by atoms with van der Waals surface area (Å²) < 4.78 is 13.9. The van der Waals surface area contributed by atoms with Gasteiger partial charge >= 0.3 is 0 Å². The molecule has 1 atom stereocenters. The lowest BCUT2D eigenvalue weighted by atomic mass is 10.1. The van der Waals surface area contributed by atoms with Crippen LogP contribution in [0.25, 0.3) is 0 Å². The molecular weight excluding hydrogens is 247 g/mol. The van der Waals surface area contributed by atoms with Crippen molar-refractivity contribution in [1.82, 2.24) is 0 Å². The first-order chi connectivity index (χ1) is 6.52. The molecule has 1 N–H and O–H groups in total. The van der Waals surface area contributed by atoms with Crippen LogP contribution in [0.15, 0.2) is 34.3 Å². The molecule has 0 bridgehead atoms. The molecule has 0 heterocycles. The minimum absolute atomic E-state index is 0.286. The summed E-state index contributed by atoms with van der Waals surface area (Å²) in [7, 11) is 0. The Morgan fingerprint density at radius 2 is 2.14 bits per heavy atom. The standard InChI is InChI=1S/C11H12BrFO/c1-7(2)6-10(14)11-8(12)4-3-5-9(11)13/h3-6,10,14H,1-2H3. The van der Waals surface area contributed by atoms with E-state index in [1.807, 2.05) is 13.8 Å². The van der Waals surface area contributed by atoms with Gasteiger partial charge in [0.1, 0.15) is 11.9 Å². The summed E-state index contributed by atoms with van der Waals surface area (Å²) in [6.07, 6.45) is 0.721. The number of rotatable bonds is 2. The summed E-state index contributed by atoms with van der Waals surface area (Å²) in [6.45, 7) is 3.72. The number of benzene rings is 1. The largest absolute Gasteiger partial charge is 0.384 e. The van der Waals surface area contributed by atoms with Crippen LogP contribution >= 0.6 is 15.9 Å². The lowest BCUT2D eigenvalue weighted by Gasteiger charge is -2.10. The molecule has 1 aromatic rings. The molecule has 0 fully saturated rings. The summed E-state index contributed by atoms with van der Waals surface area (Å²) in [6, 6.07) is 4.64. The molecule has 0 aliphatic heterocycles. The summed E-state index contributed by atoms with van der Waals surface area (Å²) in [5, 5.41) is 9.71. The van der Waals surface area contributed by atoms with E-state index in [0.717, 1.165) is 5.57 Å². The van der Waals surface area contributed by atoms with Crippen molar-refractivity contribution in [3.63, 3.8) is 0 Å². The number of hydrogen-bond acceptors (Lipinski definition) is 1. The number of halogens is 2. The van der Waals surface area contributed by atoms with E-state index < -0.39 is 11.9 Å². The Kier molecular flexibility index (Phi) is 3.84. The van der Waals surface area contributed by atoms with Crippen molar-refractivity contribution < 1.29 is 9.50 Å². The van der Waals surface area contributed by atoms with Crippen molar-refractivity contribution >= 4 is 15.9 Å². The monoisotopic (exact) mass is 258 g/mol. The van der Waals surface area contributed by atoms with Gasteiger partial charge in [0, 0.05) is 10.0 Å². The van der Waals surface area contributed by atoms with Crippen LogP contribution in [0.2, 0.25) is 0 Å². The zero-order valence-electron chi connectivity index (χ0n) is 8.09. The van der Waals surface area contributed by atoms with Crippen molar-refractivity contribution in [2.24, 2.45) is 0 Å². The molecule has 1 rings (SSSR count). The Labute approximate surface area is 91.4 Å². The van der Waals surface area contributed by atoms with Crippen LogP contribution in [0.3, 0.4) is 0 Å². The highest BCUT2D eigenvalue weighted by Gasteiger charge is 2.13. The van der Waals surface area contributed by atoms with Gasteiger partial charge < -0.3 is 5.11 Å². The van der Waals surface area contributed by atoms with Gasteiger partial charge in [-0.3, -0.25) is 0 Å². The van der Waals surface area contributed by atoms with Gasteiger partial charge in [-0.05, 0) is 26.0 Å². The van der Waals surface area contributed by atoms with E-state index in [-0.39, 0.29) is 5.56 Å². The van der Waals surface area contributed by atoms with Crippen molar-refractivity contribution in [1.29, 1.82) is 0 Å². The van der Waals surface area contributed by atoms with Crippen molar-refractivity contribution in [3.8, 4) is 0 Å². The molecule has 1 aromatic carbocycles. The van der Waals surface area contributed by atoms with E-state index in [0.29, 0.717) is 4.47 Å². The van der Waals surface area contributed by atoms with Crippen LogP contribution in [0.1, 0.15) is 25.5 Å². The van der Waals surface area contributed by atoms with E-state index in [1.54, 1.807) is 18.2 Å². The van der Waals surface area contributed by atoms with E-state index in [4.69, 9.17) is 0 Å². The van der Waals surface area contributed by atoms with Crippen molar-refractivity contribution in [3.05, 3.63) is 45.7 Å². The minimum atomic E-state index is -0.893. The SMILES string of the molecule is CC(C)=CC(O)c1c(F)cccc1Br. The third-order valence-electron chi connectivity index (χ3n) is 1.79. The van der Waals surface area contributed by atoms with E-state index in [2.05, 4.69) is 15.9 Å². The zero-order valence-corrected chi connectivity index (χ0v) is 9.68. The van der Waals surface area contributed by atoms with Gasteiger partial charge in [-0.15, -0.1) is 0 Å². The van der Waals surface area contributed by atoms with Crippen LogP contribution in [0.4, 0.5) is 4.39 Å². The lowest BCUT2D eigenvalue weighted by Crippen LogP contribution is -1.99. The fraction of sp³-hybridized carbons (Fsp3) is 0.273. The lowest BCUT2D eigenvalue weighted by molar-refractivity contribution is 0.221. The van der Waals surface area contributed by atoms with Gasteiger partial charge in [-0.1, -0.05) is 33.6 Å². The number of aliphatic hydroxyl groups excluding tert-OH is 1.